The van der Waals surface area contributed by atoms with Gasteiger partial charge in [-0.1, -0.05) is 14.0 Å². The van der Waals surface area contributed by atoms with Crippen LogP contribution in [0.15, 0.2) is 24.4 Å². The molecule has 0 aromatic heterocycles. The van der Waals surface area contributed by atoms with Gasteiger partial charge in [-0.05, 0) is 26.8 Å². The normalized spacial score (nSPS) is 16.8. The van der Waals surface area contributed by atoms with Gasteiger partial charge < -0.3 is 4.90 Å². The van der Waals surface area contributed by atoms with Gasteiger partial charge in [0.05, 0.1) is 0 Å². The largest absolute Gasteiger partial charge is 0.304 e. The van der Waals surface area contributed by atoms with Crippen LogP contribution in [-0.4, -0.2) is 16.3 Å². The zero-order valence-electron chi connectivity index (χ0n) is 7.22. The van der Waals surface area contributed by atoms with Crippen molar-refractivity contribution in [1.82, 2.24) is 4.90 Å². The molecule has 12 heavy (non-hydrogen) atoms. The number of carbonyl (C=O) groups excluding carboxylic acids is 1. The van der Waals surface area contributed by atoms with Gasteiger partial charge in [0.25, 0.3) is 5.91 Å². The summed E-state index contributed by atoms with van der Waals surface area (Å²) in [5, 5.41) is 0. The Hall–Kier alpha value is -1.05. The monoisotopic (exact) mass is 167 g/mol. The van der Waals surface area contributed by atoms with Gasteiger partial charge in [-0.15, -0.1) is 0 Å². The van der Waals surface area contributed by atoms with Gasteiger partial charge in [0.2, 0.25) is 0 Å². The quantitative estimate of drug-likeness (QED) is 0.542. The summed E-state index contributed by atoms with van der Waals surface area (Å²) in [6.45, 7) is 9.74. The lowest BCUT2D eigenvalue weighted by molar-refractivity contribution is -0.126. The Morgan fingerprint density at radius 1 is 1.33 bits per heavy atom. The molecule has 68 valence electrons. The average molecular weight is 167 g/mol. The summed E-state index contributed by atoms with van der Waals surface area (Å²) in [5.41, 5.74) is 0.625. The number of amides is 1. The lowest BCUT2D eigenvalue weighted by Crippen LogP contribution is -2.41. The molecule has 1 aliphatic heterocycles. The Morgan fingerprint density at radius 3 is 2.00 bits per heavy atom. The highest BCUT2D eigenvalue weighted by atomic mass is 16.2. The Bertz CT molecular complexity index is 215. The predicted octanol–water partition coefficient (Wildman–Crippen LogP) is 2.33. The minimum absolute atomic E-state index is 0. The Kier molecular flexibility index (Phi) is 2.86. The number of hydrogen-bond donors (Lipinski definition) is 0. The van der Waals surface area contributed by atoms with Crippen molar-refractivity contribution in [2.75, 3.05) is 0 Å². The number of allylic oxidation sites excluding steroid dienone is 1. The van der Waals surface area contributed by atoms with Crippen molar-refractivity contribution in [3.8, 4) is 0 Å². The van der Waals surface area contributed by atoms with Crippen LogP contribution in [0.2, 0.25) is 0 Å². The van der Waals surface area contributed by atoms with Crippen LogP contribution in [0.3, 0.4) is 0 Å². The fourth-order valence-corrected chi connectivity index (χ4v) is 1.22. The predicted molar refractivity (Wildman–Crippen MR) is 51.6 cm³/mol. The third kappa shape index (κ3) is 1.76. The summed E-state index contributed by atoms with van der Waals surface area (Å²) in [7, 11) is 0. The van der Waals surface area contributed by atoms with Gasteiger partial charge in [-0.25, -0.2) is 0 Å². The molecule has 2 nitrogen and oxygen atoms in total. The standard InChI is InChI=1S/C9H13NO.CH4/c1-7-5-6-8(11)10(7)9(2,3)4;/h5-6H,1H2,2-4H3;1H4. The molecule has 0 spiro atoms. The van der Waals surface area contributed by atoms with Crippen molar-refractivity contribution in [2.24, 2.45) is 0 Å². The first kappa shape index (κ1) is 11.0. The maximum atomic E-state index is 11.2. The second kappa shape index (κ2) is 3.13. The second-order valence-corrected chi connectivity index (χ2v) is 3.67. The Balaban J connectivity index is 0.00000121. The molecule has 0 N–H and O–H groups in total. The van der Waals surface area contributed by atoms with Gasteiger partial charge >= 0.3 is 0 Å². The van der Waals surface area contributed by atoms with Crippen LogP contribution < -0.4 is 0 Å². The highest BCUT2D eigenvalue weighted by Crippen LogP contribution is 2.23. The molecule has 1 heterocycles. The number of nitrogens with zero attached hydrogens (tertiary/aromatic N) is 1. The van der Waals surface area contributed by atoms with E-state index in [0.717, 1.165) is 5.70 Å². The molecule has 0 unspecified atom stereocenters. The molecule has 0 saturated carbocycles. The van der Waals surface area contributed by atoms with Crippen molar-refractivity contribution in [3.63, 3.8) is 0 Å². The molecule has 0 radical (unpaired) electrons. The van der Waals surface area contributed by atoms with Gasteiger partial charge in [-0.3, -0.25) is 4.79 Å². The van der Waals surface area contributed by atoms with Gasteiger partial charge in [-0.2, -0.15) is 0 Å². The van der Waals surface area contributed by atoms with Gasteiger partial charge in [0.15, 0.2) is 0 Å². The van der Waals surface area contributed by atoms with Crippen LogP contribution in [0.4, 0.5) is 0 Å². The SMILES string of the molecule is C.C=C1C=CC(=O)N1C(C)(C)C. The second-order valence-electron chi connectivity index (χ2n) is 3.67. The van der Waals surface area contributed by atoms with E-state index < -0.39 is 0 Å². The molecule has 1 rings (SSSR count). The number of hydrogen-bond acceptors (Lipinski definition) is 1. The summed E-state index contributed by atoms with van der Waals surface area (Å²) >= 11 is 0. The van der Waals surface area contributed by atoms with E-state index in [2.05, 4.69) is 6.58 Å². The van der Waals surface area contributed by atoms with E-state index in [1.54, 1.807) is 17.1 Å². The lowest BCUT2D eigenvalue weighted by atomic mass is 10.1. The molecular weight excluding hydrogens is 150 g/mol. The van der Waals surface area contributed by atoms with Crippen LogP contribution in [-0.2, 0) is 4.79 Å². The van der Waals surface area contributed by atoms with Crippen molar-refractivity contribution in [3.05, 3.63) is 24.4 Å². The van der Waals surface area contributed by atoms with E-state index in [1.807, 2.05) is 20.8 Å². The van der Waals surface area contributed by atoms with Gasteiger partial charge in [0.1, 0.15) is 0 Å². The molecule has 0 fully saturated rings. The van der Waals surface area contributed by atoms with E-state index in [9.17, 15) is 4.79 Å². The zero-order valence-corrected chi connectivity index (χ0v) is 7.22. The summed E-state index contributed by atoms with van der Waals surface area (Å²) in [4.78, 5) is 12.9. The van der Waals surface area contributed by atoms with E-state index in [-0.39, 0.29) is 18.9 Å². The summed E-state index contributed by atoms with van der Waals surface area (Å²) in [6.07, 6.45) is 3.29. The topological polar surface area (TPSA) is 20.3 Å². The smallest absolute Gasteiger partial charge is 0.251 e. The van der Waals surface area contributed by atoms with Crippen LogP contribution in [0.5, 0.6) is 0 Å². The van der Waals surface area contributed by atoms with Crippen molar-refractivity contribution in [2.45, 2.75) is 33.7 Å². The highest BCUT2D eigenvalue weighted by Gasteiger charge is 2.29. The summed E-state index contributed by atoms with van der Waals surface area (Å²) in [5.74, 6) is 0.0301. The lowest BCUT2D eigenvalue weighted by Gasteiger charge is -2.32. The zero-order chi connectivity index (χ0) is 8.65. The third-order valence-electron chi connectivity index (χ3n) is 1.60. The molecule has 1 aliphatic rings. The molecule has 0 atom stereocenters. The molecule has 0 bridgehead atoms. The van der Waals surface area contributed by atoms with Crippen molar-refractivity contribution >= 4 is 5.91 Å². The van der Waals surface area contributed by atoms with Gasteiger partial charge in [0, 0.05) is 17.3 Å². The Morgan fingerprint density at radius 2 is 1.83 bits per heavy atom. The first-order chi connectivity index (χ1) is 4.93. The maximum absolute atomic E-state index is 11.2. The van der Waals surface area contributed by atoms with Crippen LogP contribution in [0.1, 0.15) is 28.2 Å². The number of rotatable bonds is 0. The first-order valence-electron chi connectivity index (χ1n) is 3.64. The maximum Gasteiger partial charge on any atom is 0.251 e. The van der Waals surface area contributed by atoms with E-state index in [0.29, 0.717) is 0 Å². The fourth-order valence-electron chi connectivity index (χ4n) is 1.22. The average Bonchev–Trinajstić information content (AvgIpc) is 2.08. The third-order valence-corrected chi connectivity index (χ3v) is 1.60. The molecule has 0 saturated heterocycles. The summed E-state index contributed by atoms with van der Waals surface area (Å²) in [6, 6.07) is 0. The Labute approximate surface area is 74.6 Å². The highest BCUT2D eigenvalue weighted by molar-refractivity contribution is 5.93. The molecule has 1 amide bonds. The van der Waals surface area contributed by atoms with Crippen molar-refractivity contribution < 1.29 is 4.79 Å². The van der Waals surface area contributed by atoms with Crippen LogP contribution in [0.25, 0.3) is 0 Å². The van der Waals surface area contributed by atoms with E-state index >= 15 is 0 Å². The van der Waals surface area contributed by atoms with Crippen LogP contribution >= 0.6 is 0 Å². The molecule has 0 aliphatic carbocycles. The van der Waals surface area contributed by atoms with E-state index in [4.69, 9.17) is 0 Å². The fraction of sp³-hybridized carbons (Fsp3) is 0.500. The molecular formula is C10H17NO. The minimum atomic E-state index is -0.155. The van der Waals surface area contributed by atoms with Crippen LogP contribution in [0, 0.1) is 0 Å². The molecule has 0 aromatic rings. The summed E-state index contributed by atoms with van der Waals surface area (Å²) < 4.78 is 0. The first-order valence-corrected chi connectivity index (χ1v) is 3.64. The minimum Gasteiger partial charge on any atom is -0.304 e. The van der Waals surface area contributed by atoms with Crippen molar-refractivity contribution in [1.29, 1.82) is 0 Å². The molecule has 2 heteroatoms. The van der Waals surface area contributed by atoms with E-state index in [1.165, 1.54) is 0 Å². The molecule has 0 aromatic carbocycles. The number of carbonyl (C=O) groups is 1.